The normalized spacial score (nSPS) is 12.3. The summed E-state index contributed by atoms with van der Waals surface area (Å²) in [6.45, 7) is 4.58. The average Bonchev–Trinajstić information content (AvgIpc) is 2.88. The van der Waals surface area contributed by atoms with Crippen molar-refractivity contribution in [2.75, 3.05) is 6.61 Å². The van der Waals surface area contributed by atoms with Gasteiger partial charge < -0.3 is 9.84 Å². The topological polar surface area (TPSA) is 63.6 Å². The molecule has 218 valence electrons. The highest BCUT2D eigenvalue weighted by atomic mass is 16.5. The van der Waals surface area contributed by atoms with Crippen LogP contribution in [0.3, 0.4) is 0 Å². The molecule has 0 heterocycles. The Morgan fingerprint density at radius 2 is 1.00 bits per heavy atom. The zero-order chi connectivity index (χ0) is 27.2. The van der Waals surface area contributed by atoms with E-state index in [2.05, 4.69) is 13.0 Å². The van der Waals surface area contributed by atoms with Gasteiger partial charge in [-0.15, -0.1) is 0 Å². The first-order valence-electron chi connectivity index (χ1n) is 16.1. The van der Waals surface area contributed by atoms with Gasteiger partial charge in [-0.25, -0.2) is 0 Å². The maximum absolute atomic E-state index is 12.0. The molecule has 0 rings (SSSR count). The van der Waals surface area contributed by atoms with E-state index in [0.717, 1.165) is 12.8 Å². The first kappa shape index (κ1) is 35.7. The fourth-order valence-electron chi connectivity index (χ4n) is 4.87. The molecule has 0 bridgehead atoms. The Morgan fingerprint density at radius 1 is 0.595 bits per heavy atom. The summed E-state index contributed by atoms with van der Waals surface area (Å²) in [7, 11) is 0. The summed E-state index contributed by atoms with van der Waals surface area (Å²) < 4.78 is 5.12. The molecule has 4 heteroatoms. The number of unbranched alkanes of at least 4 members (excludes halogenated alkanes) is 21. The van der Waals surface area contributed by atoms with Crippen molar-refractivity contribution in [1.82, 2.24) is 0 Å². The number of allylic oxidation sites excluding steroid dienone is 2. The van der Waals surface area contributed by atoms with Gasteiger partial charge in [-0.3, -0.25) is 9.59 Å². The minimum absolute atomic E-state index is 0.160. The van der Waals surface area contributed by atoms with Crippen molar-refractivity contribution in [3.8, 4) is 0 Å². The van der Waals surface area contributed by atoms with E-state index < -0.39 is 11.9 Å². The molecule has 0 fully saturated rings. The van der Waals surface area contributed by atoms with Crippen LogP contribution >= 0.6 is 0 Å². The summed E-state index contributed by atoms with van der Waals surface area (Å²) in [5.41, 5.74) is 0. The lowest BCUT2D eigenvalue weighted by atomic mass is 10.0. The number of carboxylic acid groups (broad SMARTS) is 1. The minimum atomic E-state index is -0.948. The molecule has 0 aliphatic carbocycles. The molecule has 4 nitrogen and oxygen atoms in total. The number of ether oxygens (including phenoxy) is 1. The van der Waals surface area contributed by atoms with Crippen molar-refractivity contribution in [3.63, 3.8) is 0 Å². The van der Waals surface area contributed by atoms with E-state index in [1.807, 2.05) is 13.0 Å². The molecule has 0 amide bonds. The third-order valence-electron chi connectivity index (χ3n) is 7.26. The summed E-state index contributed by atoms with van der Waals surface area (Å²) in [6.07, 6.45) is 35.4. The van der Waals surface area contributed by atoms with Crippen molar-refractivity contribution in [2.24, 2.45) is 5.92 Å². The SMILES string of the molecule is CCCCCCCCCCCCCCCCCCCCCCC/C=C/CC(CC(=O)O)C(=O)OCCC. The highest BCUT2D eigenvalue weighted by molar-refractivity contribution is 5.79. The van der Waals surface area contributed by atoms with Gasteiger partial charge in [-0.2, -0.15) is 0 Å². The van der Waals surface area contributed by atoms with Crippen molar-refractivity contribution in [3.05, 3.63) is 12.2 Å². The highest BCUT2D eigenvalue weighted by Crippen LogP contribution is 2.16. The van der Waals surface area contributed by atoms with Crippen LogP contribution in [0.25, 0.3) is 0 Å². The second-order valence-corrected chi connectivity index (χ2v) is 11.0. The molecule has 0 spiro atoms. The summed E-state index contributed by atoms with van der Waals surface area (Å²) in [5, 5.41) is 9.01. The smallest absolute Gasteiger partial charge is 0.309 e. The summed E-state index contributed by atoms with van der Waals surface area (Å²) in [5.74, 6) is -1.90. The van der Waals surface area contributed by atoms with Crippen LogP contribution in [0.2, 0.25) is 0 Å². The summed E-state index contributed by atoms with van der Waals surface area (Å²) in [6, 6.07) is 0. The van der Waals surface area contributed by atoms with Crippen molar-refractivity contribution in [2.45, 2.75) is 174 Å². The zero-order valence-corrected chi connectivity index (χ0v) is 24.8. The number of carbonyl (C=O) groups excluding carboxylic acids is 1. The molecule has 0 saturated carbocycles. The van der Waals surface area contributed by atoms with Crippen molar-refractivity contribution in [1.29, 1.82) is 0 Å². The van der Waals surface area contributed by atoms with Gasteiger partial charge in [0.15, 0.2) is 0 Å². The van der Waals surface area contributed by atoms with E-state index in [1.165, 1.54) is 135 Å². The lowest BCUT2D eigenvalue weighted by Crippen LogP contribution is -2.20. The molecular formula is C33H62O4. The van der Waals surface area contributed by atoms with Gasteiger partial charge >= 0.3 is 11.9 Å². The maximum atomic E-state index is 12.0. The molecule has 37 heavy (non-hydrogen) atoms. The minimum Gasteiger partial charge on any atom is -0.481 e. The molecule has 1 atom stereocenters. The average molecular weight is 523 g/mol. The van der Waals surface area contributed by atoms with Crippen molar-refractivity contribution < 1.29 is 19.4 Å². The number of aliphatic carboxylic acids is 1. The third-order valence-corrected chi connectivity index (χ3v) is 7.26. The largest absolute Gasteiger partial charge is 0.481 e. The van der Waals surface area contributed by atoms with Crippen LogP contribution in [-0.4, -0.2) is 23.7 Å². The lowest BCUT2D eigenvalue weighted by molar-refractivity contribution is -0.153. The Bertz CT molecular complexity index is 528. The Kier molecular flexibility index (Phi) is 28.2. The van der Waals surface area contributed by atoms with Crippen LogP contribution in [0.5, 0.6) is 0 Å². The van der Waals surface area contributed by atoms with Crippen LogP contribution in [0.15, 0.2) is 12.2 Å². The number of carbonyl (C=O) groups is 2. The van der Waals surface area contributed by atoms with Gasteiger partial charge in [-0.1, -0.05) is 154 Å². The standard InChI is InChI=1S/C33H62O4/c1-3-5-6-7-8-9-10-11-12-13-14-15-16-17-18-19-20-21-22-23-24-25-26-27-28-31(30-32(34)35)33(36)37-29-4-2/h26-27,31H,3-25,28-30H2,1-2H3,(H,34,35)/b27-26+. The Balaban J connectivity index is 3.39. The van der Waals surface area contributed by atoms with E-state index in [9.17, 15) is 9.59 Å². The molecule has 0 aromatic rings. The molecule has 0 aliphatic rings. The van der Waals surface area contributed by atoms with Gasteiger partial charge in [0.2, 0.25) is 0 Å². The van der Waals surface area contributed by atoms with Crippen LogP contribution in [0.4, 0.5) is 0 Å². The molecule has 0 saturated heterocycles. The maximum Gasteiger partial charge on any atom is 0.309 e. The highest BCUT2D eigenvalue weighted by Gasteiger charge is 2.21. The predicted octanol–water partition coefficient (Wildman–Crippen LogP) is 10.6. The number of rotatable bonds is 29. The zero-order valence-electron chi connectivity index (χ0n) is 24.8. The predicted molar refractivity (Wildman–Crippen MR) is 158 cm³/mol. The summed E-state index contributed by atoms with van der Waals surface area (Å²) in [4.78, 5) is 23.0. The van der Waals surface area contributed by atoms with Crippen LogP contribution in [-0.2, 0) is 14.3 Å². The van der Waals surface area contributed by atoms with Gasteiger partial charge in [0.1, 0.15) is 0 Å². The lowest BCUT2D eigenvalue weighted by Gasteiger charge is -2.11. The van der Waals surface area contributed by atoms with Crippen LogP contribution < -0.4 is 0 Å². The van der Waals surface area contributed by atoms with E-state index in [-0.39, 0.29) is 12.4 Å². The number of esters is 1. The Hall–Kier alpha value is -1.32. The molecule has 0 radical (unpaired) electrons. The van der Waals surface area contributed by atoms with E-state index in [1.54, 1.807) is 0 Å². The Labute approximate surface area is 230 Å². The monoisotopic (exact) mass is 522 g/mol. The van der Waals surface area contributed by atoms with E-state index in [4.69, 9.17) is 9.84 Å². The van der Waals surface area contributed by atoms with Gasteiger partial charge in [-0.05, 0) is 25.7 Å². The molecular weight excluding hydrogens is 460 g/mol. The van der Waals surface area contributed by atoms with Crippen molar-refractivity contribution >= 4 is 11.9 Å². The molecule has 0 aromatic heterocycles. The Morgan fingerprint density at radius 3 is 1.38 bits per heavy atom. The first-order valence-corrected chi connectivity index (χ1v) is 16.1. The number of carboxylic acids is 1. The fraction of sp³-hybridized carbons (Fsp3) is 0.879. The fourth-order valence-corrected chi connectivity index (χ4v) is 4.87. The van der Waals surface area contributed by atoms with E-state index >= 15 is 0 Å². The number of hydrogen-bond donors (Lipinski definition) is 1. The molecule has 0 aromatic carbocycles. The molecule has 1 unspecified atom stereocenters. The third kappa shape index (κ3) is 27.5. The van der Waals surface area contributed by atoms with Crippen LogP contribution in [0.1, 0.15) is 174 Å². The van der Waals surface area contributed by atoms with Gasteiger partial charge in [0.05, 0.1) is 18.9 Å². The van der Waals surface area contributed by atoms with Crippen LogP contribution in [0, 0.1) is 5.92 Å². The number of hydrogen-bond acceptors (Lipinski definition) is 3. The second kappa shape index (κ2) is 29.2. The molecule has 0 aliphatic heterocycles. The molecule has 1 N–H and O–H groups in total. The quantitative estimate of drug-likeness (QED) is 0.0602. The van der Waals surface area contributed by atoms with Gasteiger partial charge in [0, 0.05) is 0 Å². The summed E-state index contributed by atoms with van der Waals surface area (Å²) >= 11 is 0. The first-order chi connectivity index (χ1) is 18.1. The van der Waals surface area contributed by atoms with Gasteiger partial charge in [0.25, 0.3) is 0 Å². The second-order valence-electron chi connectivity index (χ2n) is 11.0. The van der Waals surface area contributed by atoms with E-state index in [0.29, 0.717) is 13.0 Å².